The number of amides is 2. The molecule has 6 heteroatoms. The normalized spacial score (nSPS) is 18.5. The van der Waals surface area contributed by atoms with Crippen molar-refractivity contribution in [3.63, 3.8) is 0 Å². The van der Waals surface area contributed by atoms with Crippen molar-refractivity contribution in [2.75, 3.05) is 6.54 Å². The molecule has 0 bridgehead atoms. The topological polar surface area (TPSA) is 74.9 Å². The van der Waals surface area contributed by atoms with Crippen LogP contribution >= 0.6 is 0 Å². The van der Waals surface area contributed by atoms with E-state index < -0.39 is 0 Å². The van der Waals surface area contributed by atoms with Gasteiger partial charge in [0.25, 0.3) is 0 Å². The van der Waals surface area contributed by atoms with E-state index in [2.05, 4.69) is 17.5 Å². The van der Waals surface area contributed by atoms with Gasteiger partial charge in [0.1, 0.15) is 5.76 Å². The van der Waals surface area contributed by atoms with Gasteiger partial charge in [0.15, 0.2) is 0 Å². The number of hydrogen-bond donors (Lipinski definition) is 1. The van der Waals surface area contributed by atoms with Crippen molar-refractivity contribution >= 4 is 17.5 Å². The van der Waals surface area contributed by atoms with Gasteiger partial charge in [-0.25, -0.2) is 5.43 Å². The third-order valence-electron chi connectivity index (χ3n) is 4.01. The zero-order valence-corrected chi connectivity index (χ0v) is 13.9. The molecule has 0 aromatic carbocycles. The lowest BCUT2D eigenvalue weighted by Crippen LogP contribution is -2.30. The summed E-state index contributed by atoms with van der Waals surface area (Å²) < 4.78 is 5.25. The Morgan fingerprint density at radius 1 is 1.48 bits per heavy atom. The van der Waals surface area contributed by atoms with Crippen LogP contribution in [-0.2, 0) is 16.1 Å². The highest BCUT2D eigenvalue weighted by Crippen LogP contribution is 2.20. The zero-order valence-electron chi connectivity index (χ0n) is 13.9. The zero-order chi connectivity index (χ0) is 16.7. The molecule has 2 rings (SSSR count). The lowest BCUT2D eigenvalue weighted by atomic mass is 10.1. The largest absolute Gasteiger partial charge is 0.467 e. The number of furan rings is 1. The van der Waals surface area contributed by atoms with Crippen molar-refractivity contribution in [2.45, 2.75) is 52.5 Å². The van der Waals surface area contributed by atoms with E-state index in [0.29, 0.717) is 13.1 Å². The number of nitrogens with zero attached hydrogens (tertiary/aromatic N) is 2. The number of hydrogen-bond acceptors (Lipinski definition) is 4. The number of carbonyl (C=O) groups excluding carboxylic acids is 2. The fourth-order valence-corrected chi connectivity index (χ4v) is 2.62. The molecule has 1 saturated heterocycles. The molecule has 1 aliphatic rings. The predicted molar refractivity (Wildman–Crippen MR) is 87.6 cm³/mol. The van der Waals surface area contributed by atoms with Crippen LogP contribution in [0.15, 0.2) is 27.9 Å². The van der Waals surface area contributed by atoms with Crippen molar-refractivity contribution in [3.05, 3.63) is 24.2 Å². The summed E-state index contributed by atoms with van der Waals surface area (Å²) >= 11 is 0. The maximum atomic E-state index is 12.2. The van der Waals surface area contributed by atoms with Crippen LogP contribution in [0.3, 0.4) is 0 Å². The molecule has 2 heterocycles. The molecule has 1 N–H and O–H groups in total. The Morgan fingerprint density at radius 3 is 3.00 bits per heavy atom. The molecule has 1 unspecified atom stereocenters. The number of likely N-dealkylation sites (tertiary alicyclic amines) is 1. The van der Waals surface area contributed by atoms with Crippen LogP contribution in [0.25, 0.3) is 0 Å². The molecule has 6 nitrogen and oxygen atoms in total. The molecule has 1 aliphatic heterocycles. The fraction of sp³-hybridized carbons (Fsp3) is 0.588. The van der Waals surface area contributed by atoms with E-state index in [1.54, 1.807) is 17.2 Å². The van der Waals surface area contributed by atoms with Gasteiger partial charge in [-0.2, -0.15) is 5.10 Å². The number of hydrazone groups is 1. The van der Waals surface area contributed by atoms with Crippen LogP contribution in [0.1, 0.15) is 51.7 Å². The molecule has 1 atom stereocenters. The maximum Gasteiger partial charge on any atom is 0.245 e. The van der Waals surface area contributed by atoms with Gasteiger partial charge < -0.3 is 9.32 Å². The van der Waals surface area contributed by atoms with Crippen molar-refractivity contribution < 1.29 is 14.0 Å². The van der Waals surface area contributed by atoms with Crippen LogP contribution in [0.4, 0.5) is 0 Å². The summed E-state index contributed by atoms with van der Waals surface area (Å²) in [6.07, 6.45) is 6.12. The molecule has 1 aromatic rings. The predicted octanol–water partition coefficient (Wildman–Crippen LogP) is 2.70. The summed E-state index contributed by atoms with van der Waals surface area (Å²) in [5, 5.41) is 4.14. The Bertz CT molecular complexity index is 551. The van der Waals surface area contributed by atoms with Gasteiger partial charge >= 0.3 is 0 Å². The number of rotatable bonds is 8. The monoisotopic (exact) mass is 319 g/mol. The molecule has 126 valence electrons. The van der Waals surface area contributed by atoms with E-state index in [4.69, 9.17) is 4.42 Å². The summed E-state index contributed by atoms with van der Waals surface area (Å²) in [5.41, 5.74) is 3.52. The van der Waals surface area contributed by atoms with E-state index in [-0.39, 0.29) is 24.2 Å². The van der Waals surface area contributed by atoms with Gasteiger partial charge in [0, 0.05) is 18.7 Å². The second-order valence-electron chi connectivity index (χ2n) is 6.03. The van der Waals surface area contributed by atoms with Gasteiger partial charge in [-0.15, -0.1) is 0 Å². The molecular weight excluding hydrogens is 294 g/mol. The van der Waals surface area contributed by atoms with Crippen LogP contribution in [0.2, 0.25) is 0 Å². The molecule has 23 heavy (non-hydrogen) atoms. The smallest absolute Gasteiger partial charge is 0.245 e. The Morgan fingerprint density at radius 2 is 2.30 bits per heavy atom. The molecule has 0 saturated carbocycles. The minimum absolute atomic E-state index is 0.0230. The molecule has 1 aromatic heterocycles. The Kier molecular flexibility index (Phi) is 6.38. The van der Waals surface area contributed by atoms with E-state index in [0.717, 1.165) is 30.7 Å². The Labute approximate surface area is 136 Å². The van der Waals surface area contributed by atoms with E-state index in [1.165, 1.54) is 6.42 Å². The van der Waals surface area contributed by atoms with Crippen LogP contribution in [0.5, 0.6) is 0 Å². The molecule has 2 amide bonds. The first-order chi connectivity index (χ1) is 11.1. The van der Waals surface area contributed by atoms with Gasteiger partial charge in [-0.1, -0.05) is 19.8 Å². The molecule has 0 aliphatic carbocycles. The number of carbonyl (C=O) groups is 2. The van der Waals surface area contributed by atoms with Crippen molar-refractivity contribution in [1.29, 1.82) is 0 Å². The van der Waals surface area contributed by atoms with Crippen LogP contribution in [0, 0.1) is 5.92 Å². The average molecular weight is 319 g/mol. The molecule has 0 spiro atoms. The maximum absolute atomic E-state index is 12.2. The highest BCUT2D eigenvalue weighted by molar-refractivity contribution is 5.90. The summed E-state index contributed by atoms with van der Waals surface area (Å²) in [6.45, 7) is 4.89. The molecule has 0 radical (unpaired) electrons. The highest BCUT2D eigenvalue weighted by Gasteiger charge is 2.34. The van der Waals surface area contributed by atoms with E-state index in [9.17, 15) is 9.59 Å². The second kappa shape index (κ2) is 8.50. The number of nitrogens with one attached hydrogen (secondary N) is 1. The first-order valence-corrected chi connectivity index (χ1v) is 8.23. The summed E-state index contributed by atoms with van der Waals surface area (Å²) in [6, 6.07) is 3.61. The van der Waals surface area contributed by atoms with E-state index >= 15 is 0 Å². The highest BCUT2D eigenvalue weighted by atomic mass is 16.3. The van der Waals surface area contributed by atoms with Crippen molar-refractivity contribution in [1.82, 2.24) is 10.3 Å². The lowest BCUT2D eigenvalue weighted by molar-refractivity contribution is -0.129. The van der Waals surface area contributed by atoms with Gasteiger partial charge in [-0.05, 0) is 31.9 Å². The van der Waals surface area contributed by atoms with Crippen molar-refractivity contribution in [2.24, 2.45) is 11.0 Å². The third kappa shape index (κ3) is 5.23. The lowest BCUT2D eigenvalue weighted by Gasteiger charge is -2.14. The van der Waals surface area contributed by atoms with Crippen LogP contribution in [-0.4, -0.2) is 29.0 Å². The quantitative estimate of drug-likeness (QED) is 0.455. The minimum Gasteiger partial charge on any atom is -0.467 e. The molecular formula is C17H25N3O3. The fourth-order valence-electron chi connectivity index (χ4n) is 2.62. The third-order valence-corrected chi connectivity index (χ3v) is 4.01. The van der Waals surface area contributed by atoms with Crippen molar-refractivity contribution in [3.8, 4) is 0 Å². The van der Waals surface area contributed by atoms with E-state index in [1.807, 2.05) is 13.0 Å². The first-order valence-electron chi connectivity index (χ1n) is 8.23. The minimum atomic E-state index is -0.343. The molecule has 1 fully saturated rings. The standard InChI is InChI=1S/C17H25N3O3/c1-3-4-5-7-13(2)18-19-17(22)14-10-16(21)20(11-14)12-15-8-6-9-23-15/h6,8-9,14H,3-5,7,10-12H2,1-2H3,(H,19,22)/b18-13+. The Balaban J connectivity index is 1.79. The summed E-state index contributed by atoms with van der Waals surface area (Å²) in [5.74, 6) is 0.175. The first kappa shape index (κ1) is 17.2. The van der Waals surface area contributed by atoms with Gasteiger partial charge in [0.05, 0.1) is 18.7 Å². The second-order valence-corrected chi connectivity index (χ2v) is 6.03. The Hall–Kier alpha value is -2.11. The SMILES string of the molecule is CCCCC/C(C)=N/NC(=O)C1CC(=O)N(Cc2ccco2)C1. The average Bonchev–Trinajstić information content (AvgIpc) is 3.16. The van der Waals surface area contributed by atoms with Crippen LogP contribution < -0.4 is 5.43 Å². The van der Waals surface area contributed by atoms with Gasteiger partial charge in [0.2, 0.25) is 11.8 Å². The number of unbranched alkanes of at least 4 members (excludes halogenated alkanes) is 2. The summed E-state index contributed by atoms with van der Waals surface area (Å²) in [4.78, 5) is 25.8. The summed E-state index contributed by atoms with van der Waals surface area (Å²) in [7, 11) is 0. The van der Waals surface area contributed by atoms with Gasteiger partial charge in [-0.3, -0.25) is 9.59 Å².